The first-order valence-electron chi connectivity index (χ1n) is 5.90. The minimum absolute atomic E-state index is 0.263. The van der Waals surface area contributed by atoms with Crippen molar-refractivity contribution in [2.24, 2.45) is 0 Å². The van der Waals surface area contributed by atoms with Crippen molar-refractivity contribution in [2.75, 3.05) is 19.6 Å². The molecule has 2 fully saturated rings. The van der Waals surface area contributed by atoms with Crippen molar-refractivity contribution in [3.63, 3.8) is 0 Å². The van der Waals surface area contributed by atoms with Gasteiger partial charge in [-0.2, -0.15) is 0 Å². The van der Waals surface area contributed by atoms with E-state index in [1.165, 1.54) is 12.0 Å². The molecule has 2 heterocycles. The Labute approximate surface area is 91.5 Å². The maximum atomic E-state index is 12.2. The molecule has 1 unspecified atom stereocenters. The molecular formula is C12H20N2O. The van der Waals surface area contributed by atoms with E-state index in [2.05, 4.69) is 12.2 Å². The molecule has 1 N–H and O–H groups in total. The largest absolute Gasteiger partial charge is 0.336 e. The van der Waals surface area contributed by atoms with Crippen LogP contribution in [-0.4, -0.2) is 36.5 Å². The van der Waals surface area contributed by atoms with Crippen molar-refractivity contribution < 1.29 is 4.79 Å². The van der Waals surface area contributed by atoms with Crippen LogP contribution >= 0.6 is 0 Å². The molecule has 0 spiro atoms. The molecule has 0 aromatic heterocycles. The summed E-state index contributed by atoms with van der Waals surface area (Å²) in [5.74, 6) is 0.263. The molecule has 2 saturated heterocycles. The summed E-state index contributed by atoms with van der Waals surface area (Å²) in [6, 6.07) is 0.426. The van der Waals surface area contributed by atoms with E-state index in [9.17, 15) is 4.79 Å². The Hall–Kier alpha value is -0.830. The zero-order valence-corrected chi connectivity index (χ0v) is 9.68. The number of piperidine rings is 1. The van der Waals surface area contributed by atoms with Gasteiger partial charge in [0.1, 0.15) is 0 Å². The fraction of sp³-hybridized carbons (Fsp3) is 0.750. The summed E-state index contributed by atoms with van der Waals surface area (Å²) in [5.41, 5.74) is 2.26. The maximum absolute atomic E-state index is 12.2. The maximum Gasteiger partial charge on any atom is 0.249 e. The smallest absolute Gasteiger partial charge is 0.249 e. The minimum Gasteiger partial charge on any atom is -0.336 e. The van der Waals surface area contributed by atoms with E-state index in [1.54, 1.807) is 0 Å². The van der Waals surface area contributed by atoms with Crippen LogP contribution in [0.1, 0.15) is 33.1 Å². The lowest BCUT2D eigenvalue weighted by molar-refractivity contribution is -0.130. The van der Waals surface area contributed by atoms with Gasteiger partial charge in [0, 0.05) is 31.2 Å². The van der Waals surface area contributed by atoms with Crippen molar-refractivity contribution in [1.29, 1.82) is 0 Å². The number of carbonyl (C=O) groups is 1. The van der Waals surface area contributed by atoms with Crippen molar-refractivity contribution in [3.8, 4) is 0 Å². The van der Waals surface area contributed by atoms with Crippen LogP contribution in [0.5, 0.6) is 0 Å². The van der Waals surface area contributed by atoms with Crippen LogP contribution in [-0.2, 0) is 4.79 Å². The van der Waals surface area contributed by atoms with Gasteiger partial charge in [0.05, 0.1) is 0 Å². The van der Waals surface area contributed by atoms with E-state index in [0.29, 0.717) is 6.04 Å². The normalized spacial score (nSPS) is 26.1. The Balaban J connectivity index is 2.06. The topological polar surface area (TPSA) is 32.3 Å². The Bertz CT molecular complexity index is 290. The van der Waals surface area contributed by atoms with Crippen molar-refractivity contribution in [2.45, 2.75) is 39.2 Å². The average Bonchev–Trinajstić information content (AvgIpc) is 2.15. The predicted octanol–water partition coefficient (Wildman–Crippen LogP) is 1.31. The fourth-order valence-electron chi connectivity index (χ4n) is 2.28. The lowest BCUT2D eigenvalue weighted by Gasteiger charge is -2.35. The summed E-state index contributed by atoms with van der Waals surface area (Å²) < 4.78 is 0. The number of hydrogen-bond donors (Lipinski definition) is 1. The van der Waals surface area contributed by atoms with Gasteiger partial charge in [-0.15, -0.1) is 0 Å². The third-order valence-electron chi connectivity index (χ3n) is 3.59. The van der Waals surface area contributed by atoms with E-state index in [-0.39, 0.29) is 5.91 Å². The molecule has 0 aromatic rings. The molecule has 0 aliphatic carbocycles. The summed E-state index contributed by atoms with van der Waals surface area (Å²) in [6.45, 7) is 6.88. The van der Waals surface area contributed by atoms with Crippen molar-refractivity contribution in [3.05, 3.63) is 11.1 Å². The second-order valence-corrected chi connectivity index (χ2v) is 4.68. The van der Waals surface area contributed by atoms with Gasteiger partial charge in [-0.05, 0) is 38.7 Å². The van der Waals surface area contributed by atoms with E-state index < -0.39 is 0 Å². The average molecular weight is 208 g/mol. The third-order valence-corrected chi connectivity index (χ3v) is 3.59. The Morgan fingerprint density at radius 3 is 2.67 bits per heavy atom. The summed E-state index contributed by atoms with van der Waals surface area (Å²) in [4.78, 5) is 14.2. The van der Waals surface area contributed by atoms with Gasteiger partial charge in [0.25, 0.3) is 0 Å². The first-order chi connectivity index (χ1) is 7.20. The molecule has 3 heteroatoms. The second kappa shape index (κ2) is 4.35. The van der Waals surface area contributed by atoms with Crippen LogP contribution in [0.25, 0.3) is 0 Å². The molecular weight excluding hydrogens is 188 g/mol. The standard InChI is InChI=1S/C12H20N2O/c1-9-5-3-4-6-14(9)12(15)10(2)11-7-13-8-11/h9,13H,3-8H2,1-2H3. The fourth-order valence-corrected chi connectivity index (χ4v) is 2.28. The number of rotatable bonds is 1. The van der Waals surface area contributed by atoms with Gasteiger partial charge in [-0.25, -0.2) is 0 Å². The first-order valence-corrected chi connectivity index (χ1v) is 5.90. The number of hydrogen-bond acceptors (Lipinski definition) is 2. The number of carbonyl (C=O) groups excluding carboxylic acids is 1. The SMILES string of the molecule is CC(C(=O)N1CCCCC1C)=C1CNC1. The Morgan fingerprint density at radius 2 is 2.13 bits per heavy atom. The van der Waals surface area contributed by atoms with Crippen molar-refractivity contribution >= 4 is 5.91 Å². The molecule has 2 aliphatic rings. The molecule has 1 amide bonds. The number of amides is 1. The molecule has 3 nitrogen and oxygen atoms in total. The van der Waals surface area contributed by atoms with Gasteiger partial charge in [-0.1, -0.05) is 0 Å². The van der Waals surface area contributed by atoms with Crippen LogP contribution in [0.4, 0.5) is 0 Å². The van der Waals surface area contributed by atoms with Crippen LogP contribution in [0.3, 0.4) is 0 Å². The number of nitrogens with zero attached hydrogens (tertiary/aromatic N) is 1. The van der Waals surface area contributed by atoms with Gasteiger partial charge in [-0.3, -0.25) is 4.79 Å². The predicted molar refractivity (Wildman–Crippen MR) is 60.6 cm³/mol. The number of likely N-dealkylation sites (tertiary alicyclic amines) is 1. The summed E-state index contributed by atoms with van der Waals surface area (Å²) in [7, 11) is 0. The highest BCUT2D eigenvalue weighted by Crippen LogP contribution is 2.20. The molecule has 0 radical (unpaired) electrons. The molecule has 0 saturated carbocycles. The van der Waals surface area contributed by atoms with Crippen LogP contribution in [0.2, 0.25) is 0 Å². The lowest BCUT2D eigenvalue weighted by atomic mass is 9.99. The van der Waals surface area contributed by atoms with E-state index in [0.717, 1.165) is 38.0 Å². The highest BCUT2D eigenvalue weighted by atomic mass is 16.2. The zero-order valence-electron chi connectivity index (χ0n) is 9.68. The van der Waals surface area contributed by atoms with Crippen LogP contribution in [0, 0.1) is 0 Å². The molecule has 15 heavy (non-hydrogen) atoms. The molecule has 84 valence electrons. The summed E-state index contributed by atoms with van der Waals surface area (Å²) in [5, 5.41) is 3.18. The van der Waals surface area contributed by atoms with Gasteiger partial charge >= 0.3 is 0 Å². The second-order valence-electron chi connectivity index (χ2n) is 4.68. The van der Waals surface area contributed by atoms with Gasteiger partial charge < -0.3 is 10.2 Å². The molecule has 2 rings (SSSR count). The highest BCUT2D eigenvalue weighted by Gasteiger charge is 2.26. The van der Waals surface area contributed by atoms with E-state index in [4.69, 9.17) is 0 Å². The molecule has 1 atom stereocenters. The van der Waals surface area contributed by atoms with Crippen LogP contribution in [0.15, 0.2) is 11.1 Å². The number of nitrogens with one attached hydrogen (secondary N) is 1. The van der Waals surface area contributed by atoms with Crippen LogP contribution < -0.4 is 5.32 Å². The van der Waals surface area contributed by atoms with Gasteiger partial charge in [0.15, 0.2) is 0 Å². The van der Waals surface area contributed by atoms with E-state index >= 15 is 0 Å². The molecule has 0 aromatic carbocycles. The Kier molecular flexibility index (Phi) is 3.10. The lowest BCUT2D eigenvalue weighted by Crippen LogP contribution is -2.44. The molecule has 0 bridgehead atoms. The van der Waals surface area contributed by atoms with Crippen molar-refractivity contribution in [1.82, 2.24) is 10.2 Å². The zero-order chi connectivity index (χ0) is 10.8. The highest BCUT2D eigenvalue weighted by molar-refractivity contribution is 5.94. The molecule has 2 aliphatic heterocycles. The van der Waals surface area contributed by atoms with Gasteiger partial charge in [0.2, 0.25) is 5.91 Å². The summed E-state index contributed by atoms with van der Waals surface area (Å²) in [6.07, 6.45) is 3.59. The Morgan fingerprint density at radius 1 is 1.40 bits per heavy atom. The quantitative estimate of drug-likeness (QED) is 0.659. The third kappa shape index (κ3) is 2.07. The van der Waals surface area contributed by atoms with E-state index in [1.807, 2.05) is 11.8 Å². The minimum atomic E-state index is 0.263. The monoisotopic (exact) mass is 208 g/mol. The summed E-state index contributed by atoms with van der Waals surface area (Å²) >= 11 is 0. The first kappa shape index (κ1) is 10.7.